The highest BCUT2D eigenvalue weighted by atomic mass is 16.5. The number of benzene rings is 1. The molecule has 7 nitrogen and oxygen atoms in total. The molecule has 0 unspecified atom stereocenters. The molecule has 142 valence electrons. The van der Waals surface area contributed by atoms with Crippen LogP contribution in [0.2, 0.25) is 0 Å². The Morgan fingerprint density at radius 1 is 1.26 bits per heavy atom. The number of carbonyl (C=O) groups excluding carboxylic acids is 1. The molecule has 1 aliphatic rings. The SMILES string of the molecule is COc1ccc(/C=C/C(=O)NCCn2cnc(C3CC3)cc2=O)cc1OC. The first kappa shape index (κ1) is 18.7. The number of nitrogens with zero attached hydrogens (tertiary/aromatic N) is 2. The summed E-state index contributed by atoms with van der Waals surface area (Å²) in [6.45, 7) is 0.728. The van der Waals surface area contributed by atoms with Gasteiger partial charge < -0.3 is 14.8 Å². The lowest BCUT2D eigenvalue weighted by atomic mass is 10.2. The van der Waals surface area contributed by atoms with Gasteiger partial charge in [-0.1, -0.05) is 6.07 Å². The van der Waals surface area contributed by atoms with Crippen molar-refractivity contribution in [2.24, 2.45) is 0 Å². The van der Waals surface area contributed by atoms with E-state index in [9.17, 15) is 9.59 Å². The molecule has 1 N–H and O–H groups in total. The molecule has 1 aliphatic carbocycles. The van der Waals surface area contributed by atoms with Gasteiger partial charge in [0.2, 0.25) is 5.91 Å². The number of aromatic nitrogens is 2. The Balaban J connectivity index is 1.51. The average molecular weight is 369 g/mol. The number of ether oxygens (including phenoxy) is 2. The van der Waals surface area contributed by atoms with Gasteiger partial charge in [0.1, 0.15) is 0 Å². The molecule has 0 saturated heterocycles. The third kappa shape index (κ3) is 4.97. The molecule has 1 fully saturated rings. The Labute approximate surface area is 157 Å². The molecule has 0 spiro atoms. The van der Waals surface area contributed by atoms with Crippen LogP contribution in [0.4, 0.5) is 0 Å². The first-order valence-electron chi connectivity index (χ1n) is 8.85. The predicted molar refractivity (Wildman–Crippen MR) is 102 cm³/mol. The lowest BCUT2D eigenvalue weighted by Crippen LogP contribution is -2.30. The van der Waals surface area contributed by atoms with Crippen LogP contribution in [-0.2, 0) is 11.3 Å². The lowest BCUT2D eigenvalue weighted by Gasteiger charge is -2.08. The molecule has 1 aromatic carbocycles. The summed E-state index contributed by atoms with van der Waals surface area (Å²) in [5.41, 5.74) is 1.61. The highest BCUT2D eigenvalue weighted by Gasteiger charge is 2.25. The van der Waals surface area contributed by atoms with Crippen molar-refractivity contribution in [3.05, 3.63) is 58.3 Å². The number of carbonyl (C=O) groups is 1. The van der Waals surface area contributed by atoms with E-state index >= 15 is 0 Å². The van der Waals surface area contributed by atoms with E-state index in [-0.39, 0.29) is 11.5 Å². The van der Waals surface area contributed by atoms with Crippen LogP contribution in [0.25, 0.3) is 6.08 Å². The molecule has 0 bridgehead atoms. The number of rotatable bonds is 8. The molecule has 7 heteroatoms. The van der Waals surface area contributed by atoms with Crippen LogP contribution in [0.3, 0.4) is 0 Å². The largest absolute Gasteiger partial charge is 0.493 e. The molecule has 0 atom stereocenters. The Morgan fingerprint density at radius 3 is 2.70 bits per heavy atom. The highest BCUT2D eigenvalue weighted by molar-refractivity contribution is 5.91. The van der Waals surface area contributed by atoms with E-state index in [1.165, 1.54) is 10.6 Å². The number of methoxy groups -OCH3 is 2. The Bertz CT molecular complexity index is 900. The second-order valence-corrected chi connectivity index (χ2v) is 6.36. The minimum absolute atomic E-state index is 0.0815. The molecule has 1 amide bonds. The van der Waals surface area contributed by atoms with Crippen molar-refractivity contribution in [1.82, 2.24) is 14.9 Å². The van der Waals surface area contributed by atoms with E-state index in [0.717, 1.165) is 24.1 Å². The number of nitrogens with one attached hydrogen (secondary N) is 1. The summed E-state index contributed by atoms with van der Waals surface area (Å²) < 4.78 is 11.9. The number of hydrogen-bond donors (Lipinski definition) is 1. The zero-order valence-electron chi connectivity index (χ0n) is 15.5. The van der Waals surface area contributed by atoms with Crippen molar-refractivity contribution < 1.29 is 14.3 Å². The van der Waals surface area contributed by atoms with E-state index in [1.54, 1.807) is 44.8 Å². The predicted octanol–water partition coefficient (Wildman–Crippen LogP) is 1.97. The van der Waals surface area contributed by atoms with Crippen LogP contribution in [0.5, 0.6) is 11.5 Å². The van der Waals surface area contributed by atoms with Crippen LogP contribution in [-0.4, -0.2) is 36.2 Å². The fourth-order valence-electron chi connectivity index (χ4n) is 2.70. The van der Waals surface area contributed by atoms with Crippen LogP contribution >= 0.6 is 0 Å². The summed E-state index contributed by atoms with van der Waals surface area (Å²) in [6, 6.07) is 6.99. The van der Waals surface area contributed by atoms with Crippen LogP contribution in [0.1, 0.15) is 30.0 Å². The number of amides is 1. The Morgan fingerprint density at radius 2 is 2.04 bits per heavy atom. The summed E-state index contributed by atoms with van der Waals surface area (Å²) in [4.78, 5) is 28.3. The van der Waals surface area contributed by atoms with Crippen molar-refractivity contribution in [2.75, 3.05) is 20.8 Å². The maximum atomic E-state index is 12.0. The fourth-order valence-corrected chi connectivity index (χ4v) is 2.70. The third-order valence-corrected chi connectivity index (χ3v) is 4.38. The monoisotopic (exact) mass is 369 g/mol. The van der Waals surface area contributed by atoms with Crippen molar-refractivity contribution in [3.63, 3.8) is 0 Å². The molecule has 0 radical (unpaired) electrons. The standard InChI is InChI=1S/C20H23N3O4/c1-26-17-7-3-14(11-18(17)27-2)4-8-19(24)21-9-10-23-13-22-16(12-20(23)25)15-5-6-15/h3-4,7-8,11-13,15H,5-6,9-10H2,1-2H3,(H,21,24)/b8-4+. The minimum atomic E-state index is -0.236. The van der Waals surface area contributed by atoms with Crippen LogP contribution in [0, 0.1) is 0 Å². The summed E-state index contributed by atoms with van der Waals surface area (Å²) in [5.74, 6) is 1.45. The van der Waals surface area contributed by atoms with Crippen molar-refractivity contribution in [3.8, 4) is 11.5 Å². The van der Waals surface area contributed by atoms with Gasteiger partial charge in [0.05, 0.1) is 26.2 Å². The van der Waals surface area contributed by atoms with Gasteiger partial charge in [0, 0.05) is 31.1 Å². The fraction of sp³-hybridized carbons (Fsp3) is 0.350. The zero-order chi connectivity index (χ0) is 19.2. The van der Waals surface area contributed by atoms with Gasteiger partial charge in [-0.15, -0.1) is 0 Å². The highest BCUT2D eigenvalue weighted by Crippen LogP contribution is 2.38. The molecule has 2 aromatic rings. The summed E-state index contributed by atoms with van der Waals surface area (Å²) >= 11 is 0. The van der Waals surface area contributed by atoms with Gasteiger partial charge >= 0.3 is 0 Å². The minimum Gasteiger partial charge on any atom is -0.493 e. The van der Waals surface area contributed by atoms with E-state index in [1.807, 2.05) is 6.07 Å². The molecule has 1 aromatic heterocycles. The van der Waals surface area contributed by atoms with Gasteiger partial charge in [0.25, 0.3) is 5.56 Å². The van der Waals surface area contributed by atoms with Gasteiger partial charge in [-0.2, -0.15) is 0 Å². The van der Waals surface area contributed by atoms with E-state index in [2.05, 4.69) is 10.3 Å². The normalized spacial score (nSPS) is 13.6. The Kier molecular flexibility index (Phi) is 5.90. The molecule has 3 rings (SSSR count). The van der Waals surface area contributed by atoms with Crippen molar-refractivity contribution in [2.45, 2.75) is 25.3 Å². The van der Waals surface area contributed by atoms with Gasteiger partial charge in [-0.05, 0) is 36.6 Å². The quantitative estimate of drug-likeness (QED) is 0.720. The first-order chi connectivity index (χ1) is 13.1. The van der Waals surface area contributed by atoms with Gasteiger partial charge in [-0.25, -0.2) is 4.98 Å². The molecular weight excluding hydrogens is 346 g/mol. The van der Waals surface area contributed by atoms with Gasteiger partial charge in [0.15, 0.2) is 11.5 Å². The molecule has 0 aliphatic heterocycles. The van der Waals surface area contributed by atoms with Crippen molar-refractivity contribution >= 4 is 12.0 Å². The van der Waals surface area contributed by atoms with Crippen LogP contribution in [0.15, 0.2) is 41.5 Å². The van der Waals surface area contributed by atoms with Gasteiger partial charge in [-0.3, -0.25) is 14.2 Å². The maximum Gasteiger partial charge on any atom is 0.253 e. The summed E-state index contributed by atoms with van der Waals surface area (Å²) in [6.07, 6.45) is 6.91. The molecular formula is C20H23N3O4. The van der Waals surface area contributed by atoms with Crippen molar-refractivity contribution in [1.29, 1.82) is 0 Å². The second-order valence-electron chi connectivity index (χ2n) is 6.36. The van der Waals surface area contributed by atoms with E-state index in [0.29, 0.717) is 30.5 Å². The first-order valence-corrected chi connectivity index (χ1v) is 8.85. The lowest BCUT2D eigenvalue weighted by molar-refractivity contribution is -0.116. The average Bonchev–Trinajstić information content (AvgIpc) is 3.52. The Hall–Kier alpha value is -3.09. The number of hydrogen-bond acceptors (Lipinski definition) is 5. The zero-order valence-corrected chi connectivity index (χ0v) is 15.5. The molecule has 27 heavy (non-hydrogen) atoms. The smallest absolute Gasteiger partial charge is 0.253 e. The van der Waals surface area contributed by atoms with E-state index in [4.69, 9.17) is 9.47 Å². The van der Waals surface area contributed by atoms with Crippen LogP contribution < -0.4 is 20.3 Å². The van der Waals surface area contributed by atoms with E-state index < -0.39 is 0 Å². The third-order valence-electron chi connectivity index (χ3n) is 4.38. The molecule has 1 heterocycles. The summed E-state index contributed by atoms with van der Waals surface area (Å²) in [5, 5.41) is 2.76. The maximum absolute atomic E-state index is 12.0. The molecule has 1 saturated carbocycles. The topological polar surface area (TPSA) is 82.5 Å². The second kappa shape index (κ2) is 8.53. The summed E-state index contributed by atoms with van der Waals surface area (Å²) in [7, 11) is 3.13.